The Hall–Kier alpha value is -0.710. The predicted molar refractivity (Wildman–Crippen MR) is 72.1 cm³/mol. The molecule has 2 aromatic rings. The molecule has 0 unspecified atom stereocenters. The lowest BCUT2D eigenvalue weighted by molar-refractivity contribution is 0.583. The van der Waals surface area contributed by atoms with Gasteiger partial charge in [-0.1, -0.05) is 13.8 Å². The Morgan fingerprint density at radius 1 is 1.31 bits per heavy atom. The number of hydrogen-bond donors (Lipinski definition) is 1. The van der Waals surface area contributed by atoms with E-state index in [1.807, 2.05) is 0 Å². The molecular formula is C12H16N2S2. The molecule has 2 aromatic heterocycles. The van der Waals surface area contributed by atoms with Gasteiger partial charge < -0.3 is 5.32 Å². The quantitative estimate of drug-likeness (QED) is 0.898. The van der Waals surface area contributed by atoms with Crippen molar-refractivity contribution >= 4 is 22.7 Å². The van der Waals surface area contributed by atoms with Gasteiger partial charge in [0.05, 0.1) is 5.69 Å². The third-order valence-corrected chi connectivity index (χ3v) is 4.11. The van der Waals surface area contributed by atoms with E-state index in [1.54, 1.807) is 22.7 Å². The lowest BCUT2D eigenvalue weighted by Gasteiger charge is -2.04. The maximum absolute atomic E-state index is 4.65. The Morgan fingerprint density at radius 2 is 2.12 bits per heavy atom. The van der Waals surface area contributed by atoms with Crippen molar-refractivity contribution in [3.63, 3.8) is 0 Å². The number of aryl methyl sites for hydroxylation is 1. The smallest absolute Gasteiger partial charge is 0.124 e. The van der Waals surface area contributed by atoms with Gasteiger partial charge in [-0.25, -0.2) is 4.98 Å². The summed E-state index contributed by atoms with van der Waals surface area (Å²) < 4.78 is 0. The molecule has 0 bridgehead atoms. The van der Waals surface area contributed by atoms with E-state index in [9.17, 15) is 0 Å². The molecule has 1 N–H and O–H groups in total. The van der Waals surface area contributed by atoms with Crippen LogP contribution in [0.4, 0.5) is 0 Å². The van der Waals surface area contributed by atoms with Crippen LogP contribution in [-0.4, -0.2) is 11.0 Å². The molecule has 0 atom stereocenters. The Morgan fingerprint density at radius 3 is 2.75 bits per heavy atom. The second-order valence-corrected chi connectivity index (χ2v) is 5.75. The lowest BCUT2D eigenvalue weighted by Crippen LogP contribution is -2.21. The Balaban J connectivity index is 2.11. The van der Waals surface area contributed by atoms with Gasteiger partial charge in [-0.3, -0.25) is 0 Å². The largest absolute Gasteiger partial charge is 0.309 e. The summed E-state index contributed by atoms with van der Waals surface area (Å²) in [5.41, 5.74) is 3.74. The zero-order valence-electron chi connectivity index (χ0n) is 9.78. The van der Waals surface area contributed by atoms with Crippen LogP contribution in [0, 0.1) is 6.92 Å². The van der Waals surface area contributed by atoms with Crippen LogP contribution in [0.15, 0.2) is 16.1 Å². The molecule has 2 rings (SSSR count). The van der Waals surface area contributed by atoms with Crippen LogP contribution in [0.2, 0.25) is 0 Å². The van der Waals surface area contributed by atoms with Gasteiger partial charge in [-0.05, 0) is 17.9 Å². The fourth-order valence-electron chi connectivity index (χ4n) is 1.40. The van der Waals surface area contributed by atoms with Gasteiger partial charge in [0.2, 0.25) is 0 Å². The van der Waals surface area contributed by atoms with Gasteiger partial charge in [0.25, 0.3) is 0 Å². The molecule has 2 nitrogen and oxygen atoms in total. The van der Waals surface area contributed by atoms with Crippen molar-refractivity contribution in [2.45, 2.75) is 33.4 Å². The number of nitrogens with one attached hydrogen (secondary N) is 1. The Bertz CT molecular complexity index is 457. The second kappa shape index (κ2) is 5.08. The second-order valence-electron chi connectivity index (χ2n) is 4.15. The van der Waals surface area contributed by atoms with Crippen molar-refractivity contribution in [1.82, 2.24) is 10.3 Å². The van der Waals surface area contributed by atoms with Crippen LogP contribution >= 0.6 is 22.7 Å². The third kappa shape index (κ3) is 2.70. The van der Waals surface area contributed by atoms with Crippen molar-refractivity contribution < 1.29 is 0 Å². The standard InChI is InChI=1S/C12H16N2S2/c1-8(2)13-4-10-6-16-12(14-10)11-7-15-5-9(11)3/h5-8,13H,4H2,1-3H3. The van der Waals surface area contributed by atoms with E-state index >= 15 is 0 Å². The van der Waals surface area contributed by atoms with E-state index in [-0.39, 0.29) is 0 Å². The van der Waals surface area contributed by atoms with Gasteiger partial charge in [-0.2, -0.15) is 11.3 Å². The van der Waals surface area contributed by atoms with Gasteiger partial charge in [0.1, 0.15) is 5.01 Å². The minimum atomic E-state index is 0.507. The summed E-state index contributed by atoms with van der Waals surface area (Å²) in [7, 11) is 0. The molecule has 0 fully saturated rings. The first-order valence-corrected chi connectivity index (χ1v) is 7.20. The van der Waals surface area contributed by atoms with E-state index in [4.69, 9.17) is 0 Å². The summed E-state index contributed by atoms with van der Waals surface area (Å²) in [4.78, 5) is 4.65. The van der Waals surface area contributed by atoms with Gasteiger partial charge in [0.15, 0.2) is 0 Å². The number of thiophene rings is 1. The van der Waals surface area contributed by atoms with Crippen LogP contribution in [-0.2, 0) is 6.54 Å². The summed E-state index contributed by atoms with van der Waals surface area (Å²) in [5.74, 6) is 0. The molecule has 0 aliphatic carbocycles. The van der Waals surface area contributed by atoms with Crippen LogP contribution in [0.25, 0.3) is 10.6 Å². The van der Waals surface area contributed by atoms with Crippen LogP contribution < -0.4 is 5.32 Å². The molecule has 2 heterocycles. The first kappa shape index (κ1) is 11.8. The fraction of sp³-hybridized carbons (Fsp3) is 0.417. The summed E-state index contributed by atoms with van der Waals surface area (Å²) in [5, 5.41) is 11.0. The zero-order chi connectivity index (χ0) is 11.5. The van der Waals surface area contributed by atoms with E-state index in [0.29, 0.717) is 6.04 Å². The predicted octanol–water partition coefficient (Wildman–Crippen LogP) is 3.68. The molecule has 0 saturated carbocycles. The van der Waals surface area contributed by atoms with Crippen LogP contribution in [0.3, 0.4) is 0 Å². The highest BCUT2D eigenvalue weighted by Crippen LogP contribution is 2.29. The number of nitrogens with zero attached hydrogens (tertiary/aromatic N) is 1. The Labute approximate surface area is 104 Å². The van der Waals surface area contributed by atoms with Gasteiger partial charge in [0, 0.05) is 28.9 Å². The minimum absolute atomic E-state index is 0.507. The molecule has 4 heteroatoms. The first-order valence-electron chi connectivity index (χ1n) is 5.37. The van der Waals surface area contributed by atoms with Crippen molar-refractivity contribution in [3.05, 3.63) is 27.4 Å². The average Bonchev–Trinajstić information content (AvgIpc) is 2.83. The van der Waals surface area contributed by atoms with Gasteiger partial charge in [-0.15, -0.1) is 11.3 Å². The molecule has 0 spiro atoms. The topological polar surface area (TPSA) is 24.9 Å². The number of aromatic nitrogens is 1. The molecule has 0 saturated heterocycles. The molecule has 0 amide bonds. The maximum atomic E-state index is 4.65. The van der Waals surface area contributed by atoms with Crippen molar-refractivity contribution in [2.24, 2.45) is 0 Å². The molecular weight excluding hydrogens is 236 g/mol. The van der Waals surface area contributed by atoms with Crippen LogP contribution in [0.1, 0.15) is 25.1 Å². The third-order valence-electron chi connectivity index (χ3n) is 2.33. The number of hydrogen-bond acceptors (Lipinski definition) is 4. The molecule has 0 aromatic carbocycles. The monoisotopic (exact) mass is 252 g/mol. The highest BCUT2D eigenvalue weighted by molar-refractivity contribution is 7.14. The van der Waals surface area contributed by atoms with Gasteiger partial charge >= 0.3 is 0 Å². The normalized spacial score (nSPS) is 11.2. The van der Waals surface area contributed by atoms with Crippen molar-refractivity contribution in [3.8, 4) is 10.6 Å². The zero-order valence-corrected chi connectivity index (χ0v) is 11.4. The van der Waals surface area contributed by atoms with Crippen molar-refractivity contribution in [1.29, 1.82) is 0 Å². The van der Waals surface area contributed by atoms with Crippen molar-refractivity contribution in [2.75, 3.05) is 0 Å². The average molecular weight is 252 g/mol. The van der Waals surface area contributed by atoms with E-state index < -0.39 is 0 Å². The Kier molecular flexibility index (Phi) is 3.74. The first-order chi connectivity index (χ1) is 7.66. The van der Waals surface area contributed by atoms with Crippen LogP contribution in [0.5, 0.6) is 0 Å². The maximum Gasteiger partial charge on any atom is 0.124 e. The van der Waals surface area contributed by atoms with E-state index in [1.165, 1.54) is 11.1 Å². The molecule has 0 radical (unpaired) electrons. The fourth-order valence-corrected chi connectivity index (χ4v) is 3.21. The summed E-state index contributed by atoms with van der Waals surface area (Å²) >= 11 is 3.47. The molecule has 0 aliphatic heterocycles. The molecule has 16 heavy (non-hydrogen) atoms. The molecule has 86 valence electrons. The minimum Gasteiger partial charge on any atom is -0.309 e. The number of thiazole rings is 1. The van der Waals surface area contributed by atoms with E-state index in [2.05, 4.69) is 47.2 Å². The lowest BCUT2D eigenvalue weighted by atomic mass is 10.2. The number of rotatable bonds is 4. The highest BCUT2D eigenvalue weighted by Gasteiger charge is 2.08. The molecule has 0 aliphatic rings. The summed E-state index contributed by atoms with van der Waals surface area (Å²) in [6, 6.07) is 0.507. The summed E-state index contributed by atoms with van der Waals surface area (Å²) in [6.07, 6.45) is 0. The highest BCUT2D eigenvalue weighted by atomic mass is 32.1. The van der Waals surface area contributed by atoms with E-state index in [0.717, 1.165) is 17.2 Å². The SMILES string of the molecule is Cc1cscc1-c1nc(CNC(C)C)cs1. The summed E-state index contributed by atoms with van der Waals surface area (Å²) in [6.45, 7) is 7.29.